The number of hydrogen-bond acceptors (Lipinski definition) is 2. The molecular weight excluding hydrogens is 264 g/mol. The molecule has 1 saturated heterocycles. The highest BCUT2D eigenvalue weighted by atomic mass is 16.2. The number of piperazine rings is 1. The summed E-state index contributed by atoms with van der Waals surface area (Å²) >= 11 is 0. The summed E-state index contributed by atoms with van der Waals surface area (Å²) in [5, 5.41) is 2.88. The quantitative estimate of drug-likeness (QED) is 0.896. The molecule has 1 aromatic carbocycles. The zero-order chi connectivity index (χ0) is 14.8. The van der Waals surface area contributed by atoms with Crippen LogP contribution in [0.2, 0.25) is 0 Å². The third kappa shape index (κ3) is 3.09. The highest BCUT2D eigenvalue weighted by Gasteiger charge is 2.41. The molecule has 1 aliphatic heterocycles. The maximum atomic E-state index is 12.6. The van der Waals surface area contributed by atoms with Gasteiger partial charge in [0, 0.05) is 13.0 Å². The minimum Gasteiger partial charge on any atom is -0.343 e. The van der Waals surface area contributed by atoms with Gasteiger partial charge in [-0.05, 0) is 30.7 Å². The lowest BCUT2D eigenvalue weighted by Gasteiger charge is -2.39. The standard InChI is InChI=1S/C17H22N2O2/c1-2-14-17(21)19(11-13-8-9-13)15(16(20)18-14)10-12-6-4-3-5-7-12/h3-7,13-15H,2,8-11H2,1H3,(H,18,20). The average Bonchev–Trinajstić information content (AvgIpc) is 3.31. The molecule has 1 N–H and O–H groups in total. The zero-order valence-electron chi connectivity index (χ0n) is 12.4. The van der Waals surface area contributed by atoms with Crippen molar-refractivity contribution in [2.24, 2.45) is 5.92 Å². The number of nitrogens with zero attached hydrogens (tertiary/aromatic N) is 1. The molecule has 1 saturated carbocycles. The van der Waals surface area contributed by atoms with E-state index in [1.165, 1.54) is 12.8 Å². The third-order valence-corrected chi connectivity index (χ3v) is 4.41. The van der Waals surface area contributed by atoms with E-state index in [-0.39, 0.29) is 23.9 Å². The predicted molar refractivity (Wildman–Crippen MR) is 80.6 cm³/mol. The monoisotopic (exact) mass is 286 g/mol. The summed E-state index contributed by atoms with van der Waals surface area (Å²) in [5.74, 6) is 0.673. The molecule has 3 rings (SSSR count). The Hall–Kier alpha value is -1.84. The second kappa shape index (κ2) is 5.88. The molecule has 2 atom stereocenters. The summed E-state index contributed by atoms with van der Waals surface area (Å²) in [4.78, 5) is 26.8. The van der Waals surface area contributed by atoms with Crippen LogP contribution in [0.3, 0.4) is 0 Å². The van der Waals surface area contributed by atoms with Gasteiger partial charge in [-0.2, -0.15) is 0 Å². The molecule has 2 fully saturated rings. The molecule has 4 nitrogen and oxygen atoms in total. The Kier molecular flexibility index (Phi) is 3.95. The Bertz CT molecular complexity index is 525. The lowest BCUT2D eigenvalue weighted by atomic mass is 9.98. The number of nitrogens with one attached hydrogen (secondary N) is 1. The summed E-state index contributed by atoms with van der Waals surface area (Å²) in [6.45, 7) is 2.68. The van der Waals surface area contributed by atoms with Crippen LogP contribution in [0.4, 0.5) is 0 Å². The molecule has 4 heteroatoms. The van der Waals surface area contributed by atoms with Crippen molar-refractivity contribution in [3.63, 3.8) is 0 Å². The lowest BCUT2D eigenvalue weighted by molar-refractivity contribution is -0.149. The van der Waals surface area contributed by atoms with Crippen molar-refractivity contribution >= 4 is 11.8 Å². The molecule has 0 aromatic heterocycles. The smallest absolute Gasteiger partial charge is 0.245 e. The van der Waals surface area contributed by atoms with Gasteiger partial charge in [-0.3, -0.25) is 9.59 Å². The van der Waals surface area contributed by atoms with Gasteiger partial charge in [-0.15, -0.1) is 0 Å². The van der Waals surface area contributed by atoms with E-state index in [0.717, 1.165) is 12.1 Å². The second-order valence-corrected chi connectivity index (χ2v) is 6.11. The van der Waals surface area contributed by atoms with Crippen LogP contribution in [-0.4, -0.2) is 35.3 Å². The number of carbonyl (C=O) groups excluding carboxylic acids is 2. The van der Waals surface area contributed by atoms with Crippen LogP contribution in [0.15, 0.2) is 30.3 Å². The molecule has 21 heavy (non-hydrogen) atoms. The van der Waals surface area contributed by atoms with Crippen LogP contribution in [0.1, 0.15) is 31.7 Å². The average molecular weight is 286 g/mol. The van der Waals surface area contributed by atoms with Gasteiger partial charge in [-0.25, -0.2) is 0 Å². The molecule has 2 amide bonds. The first-order valence-electron chi connectivity index (χ1n) is 7.83. The van der Waals surface area contributed by atoms with E-state index in [2.05, 4.69) is 5.32 Å². The van der Waals surface area contributed by atoms with Gasteiger partial charge in [0.2, 0.25) is 11.8 Å². The van der Waals surface area contributed by atoms with Gasteiger partial charge >= 0.3 is 0 Å². The fourth-order valence-corrected chi connectivity index (χ4v) is 2.94. The normalized spacial score (nSPS) is 25.9. The number of benzene rings is 1. The second-order valence-electron chi connectivity index (χ2n) is 6.11. The first-order valence-corrected chi connectivity index (χ1v) is 7.83. The summed E-state index contributed by atoms with van der Waals surface area (Å²) < 4.78 is 0. The Labute approximate surface area is 125 Å². The van der Waals surface area contributed by atoms with Gasteiger partial charge < -0.3 is 10.2 Å². The molecule has 2 aliphatic rings. The van der Waals surface area contributed by atoms with E-state index in [9.17, 15) is 9.59 Å². The molecule has 2 unspecified atom stereocenters. The Morgan fingerprint density at radius 3 is 2.52 bits per heavy atom. The third-order valence-electron chi connectivity index (χ3n) is 4.41. The number of hydrogen-bond donors (Lipinski definition) is 1. The van der Waals surface area contributed by atoms with Crippen LogP contribution < -0.4 is 5.32 Å². The summed E-state index contributed by atoms with van der Waals surface area (Å²) in [6.07, 6.45) is 3.62. The van der Waals surface area contributed by atoms with E-state index in [4.69, 9.17) is 0 Å². The molecule has 1 heterocycles. The van der Waals surface area contributed by atoms with Crippen LogP contribution in [-0.2, 0) is 16.0 Å². The van der Waals surface area contributed by atoms with Crippen LogP contribution in [0, 0.1) is 5.92 Å². The maximum Gasteiger partial charge on any atom is 0.245 e. The lowest BCUT2D eigenvalue weighted by Crippen LogP contribution is -2.64. The zero-order valence-corrected chi connectivity index (χ0v) is 12.4. The molecule has 0 spiro atoms. The Morgan fingerprint density at radius 2 is 1.90 bits per heavy atom. The van der Waals surface area contributed by atoms with Crippen molar-refractivity contribution in [2.45, 2.75) is 44.7 Å². The molecule has 0 radical (unpaired) electrons. The van der Waals surface area contributed by atoms with E-state index in [0.29, 0.717) is 18.8 Å². The SMILES string of the molecule is CCC1NC(=O)C(Cc2ccccc2)N(CC2CC2)C1=O. The predicted octanol–water partition coefficient (Wildman–Crippen LogP) is 1.74. The highest BCUT2D eigenvalue weighted by molar-refractivity contribution is 5.97. The fraction of sp³-hybridized carbons (Fsp3) is 0.529. The fourth-order valence-electron chi connectivity index (χ4n) is 2.94. The highest BCUT2D eigenvalue weighted by Crippen LogP contribution is 2.31. The minimum atomic E-state index is -0.358. The van der Waals surface area contributed by atoms with E-state index in [1.54, 1.807) is 0 Å². The summed E-state index contributed by atoms with van der Waals surface area (Å²) in [7, 11) is 0. The van der Waals surface area contributed by atoms with Crippen LogP contribution in [0.5, 0.6) is 0 Å². The number of rotatable bonds is 5. The molecular formula is C17H22N2O2. The summed E-state index contributed by atoms with van der Waals surface area (Å²) in [5.41, 5.74) is 1.10. The van der Waals surface area contributed by atoms with Gasteiger partial charge in [0.05, 0.1) is 0 Å². The van der Waals surface area contributed by atoms with Gasteiger partial charge in [0.25, 0.3) is 0 Å². The largest absolute Gasteiger partial charge is 0.343 e. The summed E-state index contributed by atoms with van der Waals surface area (Å²) in [6, 6.07) is 9.23. The van der Waals surface area contributed by atoms with Gasteiger partial charge in [0.15, 0.2) is 0 Å². The first-order chi connectivity index (χ1) is 10.2. The van der Waals surface area contributed by atoms with Crippen LogP contribution in [0.25, 0.3) is 0 Å². The van der Waals surface area contributed by atoms with Crippen molar-refractivity contribution < 1.29 is 9.59 Å². The van der Waals surface area contributed by atoms with Crippen molar-refractivity contribution in [3.05, 3.63) is 35.9 Å². The number of carbonyl (C=O) groups is 2. The van der Waals surface area contributed by atoms with Crippen molar-refractivity contribution in [1.82, 2.24) is 10.2 Å². The Balaban J connectivity index is 1.80. The number of amides is 2. The molecule has 112 valence electrons. The van der Waals surface area contributed by atoms with E-state index < -0.39 is 0 Å². The van der Waals surface area contributed by atoms with Crippen molar-refractivity contribution in [3.8, 4) is 0 Å². The minimum absolute atomic E-state index is 0.00838. The molecule has 1 aliphatic carbocycles. The van der Waals surface area contributed by atoms with Crippen molar-refractivity contribution in [2.75, 3.05) is 6.54 Å². The Morgan fingerprint density at radius 1 is 1.19 bits per heavy atom. The van der Waals surface area contributed by atoms with Gasteiger partial charge in [0.1, 0.15) is 12.1 Å². The first kappa shape index (κ1) is 14.1. The molecule has 0 bridgehead atoms. The van der Waals surface area contributed by atoms with Crippen LogP contribution >= 0.6 is 0 Å². The molecule has 1 aromatic rings. The van der Waals surface area contributed by atoms with E-state index in [1.807, 2.05) is 42.2 Å². The van der Waals surface area contributed by atoms with E-state index >= 15 is 0 Å². The van der Waals surface area contributed by atoms with Crippen molar-refractivity contribution in [1.29, 1.82) is 0 Å². The van der Waals surface area contributed by atoms with Gasteiger partial charge in [-0.1, -0.05) is 37.3 Å². The topological polar surface area (TPSA) is 49.4 Å². The maximum absolute atomic E-state index is 12.6.